The number of carbonyl (C=O) groups excluding carboxylic acids is 1. The molecular formula is C9H11F3N2O2. The van der Waals surface area contributed by atoms with E-state index < -0.39 is 12.8 Å². The Morgan fingerprint density at radius 2 is 2.25 bits per heavy atom. The second-order valence-electron chi connectivity index (χ2n) is 3.18. The zero-order valence-corrected chi connectivity index (χ0v) is 8.62. The van der Waals surface area contributed by atoms with Gasteiger partial charge in [-0.25, -0.2) is 0 Å². The molecule has 1 rings (SSSR count). The van der Waals surface area contributed by atoms with Gasteiger partial charge in [0.2, 0.25) is 0 Å². The van der Waals surface area contributed by atoms with Gasteiger partial charge >= 0.3 is 6.18 Å². The minimum Gasteiger partial charge on any atom is -0.372 e. The number of ketones is 1. The Labute approximate surface area is 90.0 Å². The van der Waals surface area contributed by atoms with Crippen molar-refractivity contribution >= 4 is 5.78 Å². The number of rotatable bonds is 5. The van der Waals surface area contributed by atoms with Crippen molar-refractivity contribution < 1.29 is 22.7 Å². The fraction of sp³-hybridized carbons (Fsp3) is 0.556. The molecule has 0 unspecified atom stereocenters. The van der Waals surface area contributed by atoms with Crippen molar-refractivity contribution in [2.75, 3.05) is 13.2 Å². The zero-order valence-electron chi connectivity index (χ0n) is 8.62. The molecule has 1 aromatic heterocycles. The Morgan fingerprint density at radius 3 is 2.75 bits per heavy atom. The molecule has 0 aromatic carbocycles. The first kappa shape index (κ1) is 12.7. The molecular weight excluding hydrogens is 225 g/mol. The summed E-state index contributed by atoms with van der Waals surface area (Å²) in [4.78, 5) is 11.4. The molecule has 0 spiro atoms. The van der Waals surface area contributed by atoms with Crippen LogP contribution in [0.5, 0.6) is 0 Å². The minimum atomic E-state index is -4.35. The Kier molecular flexibility index (Phi) is 4.05. The quantitative estimate of drug-likeness (QED) is 0.575. The van der Waals surface area contributed by atoms with E-state index in [1.165, 1.54) is 16.9 Å². The Bertz CT molecular complexity index is 360. The maximum atomic E-state index is 11.7. The summed E-state index contributed by atoms with van der Waals surface area (Å²) in [5, 5.41) is 3.78. The molecule has 0 radical (unpaired) electrons. The van der Waals surface area contributed by atoms with E-state index in [4.69, 9.17) is 0 Å². The second-order valence-corrected chi connectivity index (χ2v) is 3.18. The third-order valence-corrected chi connectivity index (χ3v) is 1.85. The highest BCUT2D eigenvalue weighted by Crippen LogP contribution is 2.14. The molecule has 0 fully saturated rings. The van der Waals surface area contributed by atoms with Gasteiger partial charge in [-0.1, -0.05) is 0 Å². The summed E-state index contributed by atoms with van der Waals surface area (Å²) >= 11 is 0. The van der Waals surface area contributed by atoms with E-state index >= 15 is 0 Å². The van der Waals surface area contributed by atoms with Crippen LogP contribution in [0.15, 0.2) is 12.3 Å². The van der Waals surface area contributed by atoms with E-state index in [-0.39, 0.29) is 18.8 Å². The first-order valence-electron chi connectivity index (χ1n) is 4.56. The van der Waals surface area contributed by atoms with E-state index in [9.17, 15) is 18.0 Å². The van der Waals surface area contributed by atoms with Crippen LogP contribution in [-0.2, 0) is 11.8 Å². The number of halogens is 3. The van der Waals surface area contributed by atoms with Gasteiger partial charge in [-0.15, -0.1) is 0 Å². The smallest absolute Gasteiger partial charge is 0.372 e. The van der Waals surface area contributed by atoms with E-state index in [0.717, 1.165) is 0 Å². The third kappa shape index (κ3) is 4.01. The SMILES string of the molecule is Cn1nccc1C(=O)CCOCC(F)(F)F. The highest BCUT2D eigenvalue weighted by Gasteiger charge is 2.27. The number of alkyl halides is 3. The lowest BCUT2D eigenvalue weighted by Crippen LogP contribution is -2.18. The van der Waals surface area contributed by atoms with Crippen LogP contribution in [0.1, 0.15) is 16.9 Å². The Morgan fingerprint density at radius 1 is 1.56 bits per heavy atom. The van der Waals surface area contributed by atoms with Gasteiger partial charge in [0.1, 0.15) is 12.3 Å². The topological polar surface area (TPSA) is 44.1 Å². The molecule has 0 aliphatic carbocycles. The van der Waals surface area contributed by atoms with Gasteiger partial charge in [0.15, 0.2) is 5.78 Å². The molecule has 0 amide bonds. The lowest BCUT2D eigenvalue weighted by atomic mass is 10.2. The van der Waals surface area contributed by atoms with Gasteiger partial charge in [0.05, 0.1) is 6.61 Å². The van der Waals surface area contributed by atoms with Crippen LogP contribution in [0.2, 0.25) is 0 Å². The number of ether oxygens (including phenoxy) is 1. The monoisotopic (exact) mass is 236 g/mol. The molecule has 0 saturated heterocycles. The number of Topliss-reactive ketones (excluding diaryl/α,β-unsaturated/α-hetero) is 1. The van der Waals surface area contributed by atoms with Crippen LogP contribution >= 0.6 is 0 Å². The van der Waals surface area contributed by atoms with Crippen molar-refractivity contribution in [1.82, 2.24) is 9.78 Å². The van der Waals surface area contributed by atoms with Crippen LogP contribution in [-0.4, -0.2) is 35.0 Å². The van der Waals surface area contributed by atoms with E-state index in [1.54, 1.807) is 7.05 Å². The summed E-state index contributed by atoms with van der Waals surface area (Å²) in [5.74, 6) is -0.290. The average Bonchev–Trinajstić information content (AvgIpc) is 2.57. The van der Waals surface area contributed by atoms with E-state index in [0.29, 0.717) is 5.69 Å². The number of carbonyl (C=O) groups is 1. The predicted octanol–water partition coefficient (Wildman–Crippen LogP) is 1.57. The Balaban J connectivity index is 2.29. The van der Waals surface area contributed by atoms with Crippen molar-refractivity contribution in [1.29, 1.82) is 0 Å². The van der Waals surface area contributed by atoms with Crippen molar-refractivity contribution in [2.24, 2.45) is 7.05 Å². The van der Waals surface area contributed by atoms with Gasteiger partial charge in [-0.3, -0.25) is 9.48 Å². The molecule has 4 nitrogen and oxygen atoms in total. The highest BCUT2D eigenvalue weighted by atomic mass is 19.4. The van der Waals surface area contributed by atoms with Crippen LogP contribution in [0.4, 0.5) is 13.2 Å². The molecule has 0 aliphatic heterocycles. The molecule has 1 aromatic rings. The normalized spacial score (nSPS) is 11.8. The fourth-order valence-corrected chi connectivity index (χ4v) is 1.13. The number of hydrogen-bond donors (Lipinski definition) is 0. The molecule has 16 heavy (non-hydrogen) atoms. The lowest BCUT2D eigenvalue weighted by Gasteiger charge is -2.06. The zero-order chi connectivity index (χ0) is 12.2. The van der Waals surface area contributed by atoms with Crippen molar-refractivity contribution in [3.8, 4) is 0 Å². The summed E-state index contributed by atoms with van der Waals surface area (Å²) < 4.78 is 40.8. The van der Waals surface area contributed by atoms with Gasteiger partial charge in [-0.2, -0.15) is 18.3 Å². The molecule has 0 aliphatic rings. The van der Waals surface area contributed by atoms with Crippen LogP contribution < -0.4 is 0 Å². The predicted molar refractivity (Wildman–Crippen MR) is 49.0 cm³/mol. The Hall–Kier alpha value is -1.37. The lowest BCUT2D eigenvalue weighted by molar-refractivity contribution is -0.173. The van der Waals surface area contributed by atoms with E-state index in [2.05, 4.69) is 9.84 Å². The summed E-state index contributed by atoms with van der Waals surface area (Å²) in [5.41, 5.74) is 0.357. The van der Waals surface area contributed by atoms with E-state index in [1.807, 2.05) is 0 Å². The maximum Gasteiger partial charge on any atom is 0.411 e. The summed E-state index contributed by atoms with van der Waals surface area (Å²) in [6.07, 6.45) is -2.99. The summed E-state index contributed by atoms with van der Waals surface area (Å²) in [6.45, 7) is -1.57. The molecule has 0 N–H and O–H groups in total. The first-order valence-corrected chi connectivity index (χ1v) is 4.56. The second kappa shape index (κ2) is 5.11. The highest BCUT2D eigenvalue weighted by molar-refractivity contribution is 5.94. The van der Waals surface area contributed by atoms with Gasteiger partial charge in [0, 0.05) is 19.7 Å². The molecule has 0 saturated carbocycles. The van der Waals surface area contributed by atoms with Crippen LogP contribution in [0.25, 0.3) is 0 Å². The van der Waals surface area contributed by atoms with Crippen LogP contribution in [0, 0.1) is 0 Å². The van der Waals surface area contributed by atoms with Gasteiger partial charge in [-0.05, 0) is 6.07 Å². The number of aromatic nitrogens is 2. The van der Waals surface area contributed by atoms with Crippen molar-refractivity contribution in [3.05, 3.63) is 18.0 Å². The molecule has 1 heterocycles. The average molecular weight is 236 g/mol. The van der Waals surface area contributed by atoms with Crippen molar-refractivity contribution in [3.63, 3.8) is 0 Å². The summed E-state index contributed by atoms with van der Waals surface area (Å²) in [7, 11) is 1.59. The minimum absolute atomic E-state index is 0.0877. The number of nitrogens with zero attached hydrogens (tertiary/aromatic N) is 2. The third-order valence-electron chi connectivity index (χ3n) is 1.85. The summed E-state index contributed by atoms with van der Waals surface area (Å²) in [6, 6.07) is 1.51. The standard InChI is InChI=1S/C9H11F3N2O2/c1-14-7(2-4-13-14)8(15)3-5-16-6-9(10,11)12/h2,4H,3,5-6H2,1H3. The molecule has 0 bridgehead atoms. The molecule has 0 atom stereocenters. The maximum absolute atomic E-state index is 11.7. The first-order chi connectivity index (χ1) is 7.40. The molecule has 90 valence electrons. The largest absolute Gasteiger partial charge is 0.411 e. The fourth-order valence-electron chi connectivity index (χ4n) is 1.13. The van der Waals surface area contributed by atoms with Gasteiger partial charge in [0.25, 0.3) is 0 Å². The number of aryl methyl sites for hydroxylation is 1. The molecule has 7 heteroatoms. The number of hydrogen-bond acceptors (Lipinski definition) is 3. The van der Waals surface area contributed by atoms with Gasteiger partial charge < -0.3 is 4.74 Å². The van der Waals surface area contributed by atoms with Crippen LogP contribution in [0.3, 0.4) is 0 Å². The van der Waals surface area contributed by atoms with Crippen molar-refractivity contribution in [2.45, 2.75) is 12.6 Å².